The van der Waals surface area contributed by atoms with Gasteiger partial charge in [0.1, 0.15) is 0 Å². The molecule has 1 amide bonds. The summed E-state index contributed by atoms with van der Waals surface area (Å²) in [4.78, 5) is 30.6. The Bertz CT molecular complexity index is 782. The number of rotatable bonds is 6. The number of hydrogen-bond donors (Lipinski definition) is 2. The Morgan fingerprint density at radius 1 is 1.35 bits per heavy atom. The topological polar surface area (TPSA) is 82.5 Å². The molecular formula is C19H23N3O3S. The summed E-state index contributed by atoms with van der Waals surface area (Å²) in [6.45, 7) is 3.63. The van der Waals surface area contributed by atoms with Crippen LogP contribution in [0.25, 0.3) is 0 Å². The van der Waals surface area contributed by atoms with Crippen LogP contribution in [0.2, 0.25) is 0 Å². The Hall–Kier alpha value is -2.25. The lowest BCUT2D eigenvalue weighted by atomic mass is 9.97. The number of aromatic nitrogens is 1. The quantitative estimate of drug-likeness (QED) is 0.814. The molecule has 3 rings (SSSR count). The monoisotopic (exact) mass is 373 g/mol. The molecule has 2 N–H and O–H groups in total. The van der Waals surface area contributed by atoms with E-state index in [0.29, 0.717) is 31.1 Å². The molecule has 138 valence electrons. The maximum Gasteiger partial charge on any atom is 0.306 e. The fourth-order valence-electron chi connectivity index (χ4n) is 3.17. The molecule has 2 aromatic rings. The van der Waals surface area contributed by atoms with Gasteiger partial charge < -0.3 is 10.4 Å². The third kappa shape index (κ3) is 5.12. The number of piperidine rings is 1. The fourth-order valence-corrected chi connectivity index (χ4v) is 4.03. The Morgan fingerprint density at radius 2 is 2.12 bits per heavy atom. The van der Waals surface area contributed by atoms with Gasteiger partial charge in [-0.2, -0.15) is 0 Å². The molecule has 1 aromatic heterocycles. The highest BCUT2D eigenvalue weighted by Gasteiger charge is 2.25. The first kappa shape index (κ1) is 18.5. The fraction of sp³-hybridized carbons (Fsp3) is 0.421. The molecule has 0 saturated carbocycles. The second kappa shape index (κ2) is 8.42. The largest absolute Gasteiger partial charge is 0.481 e. The number of anilines is 1. The van der Waals surface area contributed by atoms with Gasteiger partial charge in [-0.1, -0.05) is 29.8 Å². The van der Waals surface area contributed by atoms with E-state index in [4.69, 9.17) is 5.11 Å². The number of nitrogens with one attached hydrogen (secondary N) is 1. The molecule has 0 aliphatic carbocycles. The lowest BCUT2D eigenvalue weighted by molar-refractivity contribution is -0.143. The molecule has 7 heteroatoms. The summed E-state index contributed by atoms with van der Waals surface area (Å²) < 4.78 is 0. The lowest BCUT2D eigenvalue weighted by Crippen LogP contribution is -2.40. The second-order valence-electron chi connectivity index (χ2n) is 6.73. The average molecular weight is 373 g/mol. The van der Waals surface area contributed by atoms with Crippen LogP contribution in [0.5, 0.6) is 0 Å². The Kier molecular flexibility index (Phi) is 6.00. The van der Waals surface area contributed by atoms with Crippen LogP contribution in [0.3, 0.4) is 0 Å². The van der Waals surface area contributed by atoms with E-state index in [0.717, 1.165) is 11.3 Å². The van der Waals surface area contributed by atoms with Crippen molar-refractivity contribution in [3.8, 4) is 0 Å². The van der Waals surface area contributed by atoms with E-state index in [1.165, 1.54) is 22.5 Å². The normalized spacial score (nSPS) is 15.7. The van der Waals surface area contributed by atoms with Crippen molar-refractivity contribution in [1.82, 2.24) is 9.88 Å². The zero-order valence-corrected chi connectivity index (χ0v) is 15.6. The van der Waals surface area contributed by atoms with Crippen molar-refractivity contribution in [3.05, 3.63) is 46.5 Å². The molecule has 0 atom stereocenters. The van der Waals surface area contributed by atoms with Crippen molar-refractivity contribution in [2.45, 2.75) is 26.2 Å². The number of nitrogens with zero attached hydrogens (tertiary/aromatic N) is 2. The molecular weight excluding hydrogens is 350 g/mol. The van der Waals surface area contributed by atoms with E-state index in [1.807, 2.05) is 11.0 Å². The van der Waals surface area contributed by atoms with Gasteiger partial charge in [-0.05, 0) is 38.4 Å². The number of aryl methyl sites for hydroxylation is 1. The van der Waals surface area contributed by atoms with Gasteiger partial charge in [0.2, 0.25) is 5.91 Å². The van der Waals surface area contributed by atoms with E-state index >= 15 is 0 Å². The molecule has 1 aliphatic heterocycles. The number of carbonyl (C=O) groups is 2. The number of amides is 1. The van der Waals surface area contributed by atoms with Gasteiger partial charge in [-0.3, -0.25) is 14.5 Å². The van der Waals surface area contributed by atoms with Gasteiger partial charge in [-0.15, -0.1) is 11.3 Å². The first-order valence-electron chi connectivity index (χ1n) is 8.75. The number of likely N-dealkylation sites (tertiary alicyclic amines) is 1. The minimum atomic E-state index is -0.738. The van der Waals surface area contributed by atoms with Crippen molar-refractivity contribution < 1.29 is 14.7 Å². The van der Waals surface area contributed by atoms with Gasteiger partial charge in [0.25, 0.3) is 0 Å². The van der Waals surface area contributed by atoms with Crippen molar-refractivity contribution in [3.63, 3.8) is 0 Å². The predicted molar refractivity (Wildman–Crippen MR) is 102 cm³/mol. The number of carboxylic acids is 1. The summed E-state index contributed by atoms with van der Waals surface area (Å²) in [6.07, 6.45) is 3.81. The minimum absolute atomic E-state index is 0.102. The zero-order valence-electron chi connectivity index (χ0n) is 14.8. The molecule has 6 nitrogen and oxygen atoms in total. The lowest BCUT2D eigenvalue weighted by Gasteiger charge is -2.29. The van der Waals surface area contributed by atoms with Crippen LogP contribution in [0.4, 0.5) is 5.13 Å². The van der Waals surface area contributed by atoms with Gasteiger partial charge in [0, 0.05) is 17.5 Å². The van der Waals surface area contributed by atoms with Gasteiger partial charge >= 0.3 is 5.97 Å². The molecule has 26 heavy (non-hydrogen) atoms. The first-order chi connectivity index (χ1) is 12.5. The SMILES string of the molecule is Cc1cccc(Cc2cnc(NC(=O)CN3CCC(C(=O)O)CC3)s2)c1. The van der Waals surface area contributed by atoms with Crippen molar-refractivity contribution in [2.24, 2.45) is 5.92 Å². The average Bonchev–Trinajstić information content (AvgIpc) is 3.02. The van der Waals surface area contributed by atoms with Crippen molar-refractivity contribution >= 4 is 28.3 Å². The number of aliphatic carboxylic acids is 1. The number of thiazole rings is 1. The standard InChI is InChI=1S/C19H23N3O3S/c1-13-3-2-4-14(9-13)10-16-11-20-19(26-16)21-17(23)12-22-7-5-15(6-8-22)18(24)25/h2-4,9,11,15H,5-8,10,12H2,1H3,(H,24,25)(H,20,21,23). The first-order valence-corrected chi connectivity index (χ1v) is 9.56. The van der Waals surface area contributed by atoms with Crippen LogP contribution in [-0.2, 0) is 16.0 Å². The van der Waals surface area contributed by atoms with E-state index in [-0.39, 0.29) is 18.4 Å². The van der Waals surface area contributed by atoms with Gasteiger partial charge in [0.15, 0.2) is 5.13 Å². The highest BCUT2D eigenvalue weighted by molar-refractivity contribution is 7.15. The van der Waals surface area contributed by atoms with Crippen LogP contribution in [-0.4, -0.2) is 46.5 Å². The van der Waals surface area contributed by atoms with Gasteiger partial charge in [-0.25, -0.2) is 4.98 Å². The van der Waals surface area contributed by atoms with Gasteiger partial charge in [0.05, 0.1) is 12.5 Å². The third-order valence-electron chi connectivity index (χ3n) is 4.56. The van der Waals surface area contributed by atoms with E-state index in [1.54, 1.807) is 6.20 Å². The Balaban J connectivity index is 1.48. The summed E-state index contributed by atoms with van der Waals surface area (Å²) in [5.74, 6) is -1.12. The highest BCUT2D eigenvalue weighted by Crippen LogP contribution is 2.22. The maximum atomic E-state index is 12.2. The van der Waals surface area contributed by atoms with Crippen LogP contribution in [0.15, 0.2) is 30.5 Å². The maximum absolute atomic E-state index is 12.2. The predicted octanol–water partition coefficient (Wildman–Crippen LogP) is 2.78. The Labute approximate surface area is 156 Å². The minimum Gasteiger partial charge on any atom is -0.481 e. The molecule has 0 spiro atoms. The van der Waals surface area contributed by atoms with Crippen LogP contribution in [0.1, 0.15) is 28.8 Å². The summed E-state index contributed by atoms with van der Waals surface area (Å²) in [6, 6.07) is 8.35. The number of hydrogen-bond acceptors (Lipinski definition) is 5. The molecule has 0 radical (unpaired) electrons. The third-order valence-corrected chi connectivity index (χ3v) is 5.48. The number of carboxylic acid groups (broad SMARTS) is 1. The Morgan fingerprint density at radius 3 is 2.81 bits per heavy atom. The summed E-state index contributed by atoms with van der Waals surface area (Å²) in [7, 11) is 0. The smallest absolute Gasteiger partial charge is 0.306 e. The van der Waals surface area contributed by atoms with Crippen LogP contribution >= 0.6 is 11.3 Å². The highest BCUT2D eigenvalue weighted by atomic mass is 32.1. The molecule has 0 bridgehead atoms. The zero-order chi connectivity index (χ0) is 18.5. The second-order valence-corrected chi connectivity index (χ2v) is 7.85. The molecule has 1 saturated heterocycles. The van der Waals surface area contributed by atoms with Crippen LogP contribution in [0, 0.1) is 12.8 Å². The van der Waals surface area contributed by atoms with E-state index in [9.17, 15) is 9.59 Å². The molecule has 0 unspecified atom stereocenters. The molecule has 1 aromatic carbocycles. The molecule has 2 heterocycles. The van der Waals surface area contributed by atoms with E-state index < -0.39 is 5.97 Å². The molecule has 1 aliphatic rings. The van der Waals surface area contributed by atoms with Crippen LogP contribution < -0.4 is 5.32 Å². The number of carbonyl (C=O) groups excluding carboxylic acids is 1. The van der Waals surface area contributed by atoms with Crippen molar-refractivity contribution in [1.29, 1.82) is 0 Å². The van der Waals surface area contributed by atoms with E-state index in [2.05, 4.69) is 35.4 Å². The molecule has 1 fully saturated rings. The number of benzene rings is 1. The summed E-state index contributed by atoms with van der Waals surface area (Å²) in [5.41, 5.74) is 2.46. The summed E-state index contributed by atoms with van der Waals surface area (Å²) >= 11 is 1.49. The summed E-state index contributed by atoms with van der Waals surface area (Å²) in [5, 5.41) is 12.5. The van der Waals surface area contributed by atoms with Crippen molar-refractivity contribution in [2.75, 3.05) is 25.0 Å².